The summed E-state index contributed by atoms with van der Waals surface area (Å²) < 4.78 is 5.49. The molecule has 4 nitrogen and oxygen atoms in total. The Kier molecular flexibility index (Phi) is 4.96. The first-order chi connectivity index (χ1) is 12.5. The van der Waals surface area contributed by atoms with E-state index in [1.165, 1.54) is 44.1 Å². The summed E-state index contributed by atoms with van der Waals surface area (Å²) in [5.41, 5.74) is 1.32. The molecule has 26 heavy (non-hydrogen) atoms. The van der Waals surface area contributed by atoms with Crippen LogP contribution in [0, 0.1) is 17.8 Å². The third-order valence-corrected chi connectivity index (χ3v) is 6.54. The zero-order chi connectivity index (χ0) is 18.1. The van der Waals surface area contributed by atoms with Crippen LogP contribution in [0.5, 0.6) is 5.75 Å². The van der Waals surface area contributed by atoms with Crippen molar-refractivity contribution in [1.29, 1.82) is 0 Å². The third-order valence-electron chi connectivity index (χ3n) is 6.54. The Morgan fingerprint density at radius 2 is 1.69 bits per heavy atom. The first-order valence-corrected chi connectivity index (χ1v) is 10.2. The fraction of sp³-hybridized carbons (Fsp3) is 0.682. The van der Waals surface area contributed by atoms with Crippen molar-refractivity contribution in [3.8, 4) is 5.75 Å². The molecule has 4 saturated carbocycles. The van der Waals surface area contributed by atoms with Crippen molar-refractivity contribution >= 4 is 5.91 Å². The van der Waals surface area contributed by atoms with Crippen LogP contribution in [-0.4, -0.2) is 36.5 Å². The van der Waals surface area contributed by atoms with E-state index in [1.807, 2.05) is 26.1 Å². The van der Waals surface area contributed by atoms with Gasteiger partial charge in [0.1, 0.15) is 5.75 Å². The highest BCUT2D eigenvalue weighted by Gasteiger charge is 2.51. The predicted octanol–water partition coefficient (Wildman–Crippen LogP) is 3.60. The van der Waals surface area contributed by atoms with Gasteiger partial charge in [-0.1, -0.05) is 12.1 Å². The number of carbonyl (C=O) groups excluding carboxylic acids is 1. The van der Waals surface area contributed by atoms with Gasteiger partial charge in [-0.05, 0) is 87.9 Å². The molecule has 4 aliphatic rings. The lowest BCUT2D eigenvalue weighted by atomic mass is 9.53. The summed E-state index contributed by atoms with van der Waals surface area (Å²) in [6.45, 7) is 3.92. The van der Waals surface area contributed by atoms with E-state index in [-0.39, 0.29) is 11.4 Å². The molecule has 0 unspecified atom stereocenters. The van der Waals surface area contributed by atoms with Crippen molar-refractivity contribution in [2.75, 3.05) is 20.2 Å². The van der Waals surface area contributed by atoms with Crippen LogP contribution in [0.1, 0.15) is 51.0 Å². The van der Waals surface area contributed by atoms with E-state index < -0.39 is 0 Å². The van der Waals surface area contributed by atoms with Crippen molar-refractivity contribution in [3.63, 3.8) is 0 Å². The van der Waals surface area contributed by atoms with Crippen molar-refractivity contribution in [2.45, 2.75) is 57.5 Å². The summed E-state index contributed by atoms with van der Waals surface area (Å²) in [7, 11) is 2.02. The van der Waals surface area contributed by atoms with E-state index in [0.29, 0.717) is 13.2 Å². The summed E-state index contributed by atoms with van der Waals surface area (Å²) in [5.74, 6) is 3.69. The molecule has 4 aliphatic carbocycles. The zero-order valence-corrected chi connectivity index (χ0v) is 16.2. The second-order valence-corrected chi connectivity index (χ2v) is 9.00. The van der Waals surface area contributed by atoms with Gasteiger partial charge in [0.2, 0.25) is 5.91 Å². The number of amides is 1. The van der Waals surface area contributed by atoms with Gasteiger partial charge in [-0.15, -0.1) is 0 Å². The Morgan fingerprint density at radius 1 is 1.12 bits per heavy atom. The van der Waals surface area contributed by atoms with Gasteiger partial charge in [0.25, 0.3) is 0 Å². The molecule has 1 N–H and O–H groups in total. The molecule has 0 spiro atoms. The number of rotatable bonds is 7. The predicted molar refractivity (Wildman–Crippen MR) is 103 cm³/mol. The van der Waals surface area contributed by atoms with Gasteiger partial charge >= 0.3 is 0 Å². The Balaban J connectivity index is 1.29. The maximum absolute atomic E-state index is 12.7. The molecule has 4 fully saturated rings. The molecule has 0 atom stereocenters. The summed E-state index contributed by atoms with van der Waals surface area (Å²) >= 11 is 0. The van der Waals surface area contributed by atoms with Crippen molar-refractivity contribution in [3.05, 3.63) is 29.8 Å². The van der Waals surface area contributed by atoms with Crippen LogP contribution < -0.4 is 10.1 Å². The van der Waals surface area contributed by atoms with Gasteiger partial charge in [-0.3, -0.25) is 9.69 Å². The Bertz CT molecular complexity index is 605. The third kappa shape index (κ3) is 3.90. The minimum Gasteiger partial charge on any atom is -0.494 e. The molecule has 0 aliphatic heterocycles. The molecule has 142 valence electrons. The Hall–Kier alpha value is -1.55. The average molecular weight is 357 g/mol. The van der Waals surface area contributed by atoms with Gasteiger partial charge in [-0.25, -0.2) is 0 Å². The monoisotopic (exact) mass is 356 g/mol. The minimum atomic E-state index is 0.117. The zero-order valence-electron chi connectivity index (χ0n) is 16.2. The van der Waals surface area contributed by atoms with E-state index >= 15 is 0 Å². The second-order valence-electron chi connectivity index (χ2n) is 9.00. The van der Waals surface area contributed by atoms with Gasteiger partial charge in [0, 0.05) is 12.1 Å². The van der Waals surface area contributed by atoms with Crippen LogP contribution in [0.2, 0.25) is 0 Å². The van der Waals surface area contributed by atoms with Crippen LogP contribution in [0.4, 0.5) is 0 Å². The highest BCUT2D eigenvalue weighted by molar-refractivity contribution is 5.79. The van der Waals surface area contributed by atoms with E-state index in [9.17, 15) is 4.79 Å². The summed E-state index contributed by atoms with van der Waals surface area (Å²) in [6, 6.07) is 8.17. The normalized spacial score (nSPS) is 32.0. The van der Waals surface area contributed by atoms with E-state index in [0.717, 1.165) is 30.0 Å². The summed E-state index contributed by atoms with van der Waals surface area (Å²) in [6.07, 6.45) is 7.88. The lowest BCUT2D eigenvalue weighted by Gasteiger charge is -2.57. The summed E-state index contributed by atoms with van der Waals surface area (Å²) in [4.78, 5) is 14.8. The van der Waals surface area contributed by atoms with Crippen molar-refractivity contribution in [2.24, 2.45) is 17.8 Å². The Labute approximate surface area is 157 Å². The molecular weight excluding hydrogens is 324 g/mol. The average Bonchev–Trinajstić information content (AvgIpc) is 2.54. The fourth-order valence-electron chi connectivity index (χ4n) is 6.07. The van der Waals surface area contributed by atoms with Crippen LogP contribution in [0.25, 0.3) is 0 Å². The van der Waals surface area contributed by atoms with Crippen molar-refractivity contribution in [1.82, 2.24) is 10.2 Å². The quantitative estimate of drug-likeness (QED) is 0.811. The highest BCUT2D eigenvalue weighted by atomic mass is 16.5. The molecule has 0 saturated heterocycles. The van der Waals surface area contributed by atoms with Crippen molar-refractivity contribution < 1.29 is 9.53 Å². The first-order valence-electron chi connectivity index (χ1n) is 10.2. The fourth-order valence-corrected chi connectivity index (χ4v) is 6.07. The Morgan fingerprint density at radius 3 is 2.23 bits per heavy atom. The molecule has 0 radical (unpaired) electrons. The number of benzene rings is 1. The minimum absolute atomic E-state index is 0.117. The molecule has 1 amide bonds. The molecule has 4 heteroatoms. The number of nitrogens with one attached hydrogen (secondary N) is 1. The lowest BCUT2D eigenvalue weighted by Crippen LogP contribution is -2.60. The number of likely N-dealkylation sites (N-methyl/N-ethyl adjacent to an activating group) is 1. The molecule has 0 heterocycles. The number of hydrogen-bond donors (Lipinski definition) is 1. The lowest BCUT2D eigenvalue weighted by molar-refractivity contribution is -0.127. The number of carbonyl (C=O) groups is 1. The van der Waals surface area contributed by atoms with Gasteiger partial charge in [0.05, 0.1) is 13.2 Å². The largest absolute Gasteiger partial charge is 0.494 e. The van der Waals surface area contributed by atoms with E-state index in [4.69, 9.17) is 4.74 Å². The first kappa shape index (κ1) is 17.8. The van der Waals surface area contributed by atoms with Gasteiger partial charge < -0.3 is 10.1 Å². The summed E-state index contributed by atoms with van der Waals surface area (Å²) in [5, 5.41) is 3.47. The number of hydrogen-bond acceptors (Lipinski definition) is 3. The molecular formula is C22H32N2O2. The van der Waals surface area contributed by atoms with Crippen LogP contribution in [0.3, 0.4) is 0 Å². The number of nitrogens with zero attached hydrogens (tertiary/aromatic N) is 1. The standard InChI is InChI=1S/C22H32N2O2/c1-3-26-20-6-4-16(5-7-20)14-24(2)15-21(25)23-22-11-17-8-18(12-22)10-19(9-17)13-22/h4-7,17-19H,3,8-15H2,1-2H3,(H,23,25). The number of ether oxygens (including phenoxy) is 1. The molecule has 1 aromatic rings. The smallest absolute Gasteiger partial charge is 0.234 e. The van der Waals surface area contributed by atoms with Crippen LogP contribution in [0.15, 0.2) is 24.3 Å². The molecule has 4 bridgehead atoms. The van der Waals surface area contributed by atoms with Crippen LogP contribution in [-0.2, 0) is 11.3 Å². The maximum atomic E-state index is 12.7. The topological polar surface area (TPSA) is 41.6 Å². The highest BCUT2D eigenvalue weighted by Crippen LogP contribution is 2.55. The van der Waals surface area contributed by atoms with E-state index in [1.54, 1.807) is 0 Å². The molecule has 1 aromatic carbocycles. The van der Waals surface area contributed by atoms with Gasteiger partial charge in [0.15, 0.2) is 0 Å². The second kappa shape index (κ2) is 7.22. The molecule has 0 aromatic heterocycles. The maximum Gasteiger partial charge on any atom is 0.234 e. The van der Waals surface area contributed by atoms with E-state index in [2.05, 4.69) is 22.3 Å². The van der Waals surface area contributed by atoms with Crippen LogP contribution >= 0.6 is 0 Å². The van der Waals surface area contributed by atoms with Gasteiger partial charge in [-0.2, -0.15) is 0 Å². The SMILES string of the molecule is CCOc1ccc(CN(C)CC(=O)NC23CC4CC(CC(C4)C2)C3)cc1. The molecule has 5 rings (SSSR count).